The third-order valence-corrected chi connectivity index (χ3v) is 5.90. The van der Waals surface area contributed by atoms with Gasteiger partial charge in [-0.15, -0.1) is 0 Å². The number of carbonyl (C=O) groups excluding carboxylic acids is 3. The number of rotatable bonds is 6. The smallest absolute Gasteiger partial charge is 0.339 e. The van der Waals surface area contributed by atoms with Gasteiger partial charge in [0.1, 0.15) is 10.6 Å². The van der Waals surface area contributed by atoms with Crippen LogP contribution in [0.1, 0.15) is 36.6 Å². The van der Waals surface area contributed by atoms with Gasteiger partial charge >= 0.3 is 10.1 Å². The Morgan fingerprint density at radius 2 is 1.58 bits per heavy atom. The summed E-state index contributed by atoms with van der Waals surface area (Å²) in [5.41, 5.74) is 0.374. The van der Waals surface area contributed by atoms with Crippen LogP contribution in [-0.4, -0.2) is 33.1 Å². The monoisotopic (exact) mass is 437 g/mol. The van der Waals surface area contributed by atoms with E-state index in [1.54, 1.807) is 30.3 Å². The molecule has 1 heterocycles. The lowest BCUT2D eigenvalue weighted by atomic mass is 10.0. The van der Waals surface area contributed by atoms with Crippen molar-refractivity contribution in [3.05, 3.63) is 89.0 Å². The van der Waals surface area contributed by atoms with Crippen molar-refractivity contribution in [3.8, 4) is 11.5 Å². The molecule has 2 amide bonds. The summed E-state index contributed by atoms with van der Waals surface area (Å²) in [7, 11) is -3.05. The Kier molecular flexibility index (Phi) is 5.04. The van der Waals surface area contributed by atoms with E-state index < -0.39 is 27.7 Å². The first-order valence-electron chi connectivity index (χ1n) is 9.02. The fourth-order valence-electron chi connectivity index (χ4n) is 3.10. The van der Waals surface area contributed by atoms with E-state index in [-0.39, 0.29) is 33.1 Å². The molecule has 4 rings (SSSR count). The largest absolute Gasteiger partial charge is 0.497 e. The first-order valence-corrected chi connectivity index (χ1v) is 10.4. The van der Waals surface area contributed by atoms with Crippen LogP contribution in [0.15, 0.2) is 71.6 Å². The highest BCUT2D eigenvalue weighted by atomic mass is 32.2. The van der Waals surface area contributed by atoms with Crippen LogP contribution in [0.2, 0.25) is 0 Å². The van der Waals surface area contributed by atoms with E-state index in [0.717, 1.165) is 12.1 Å². The van der Waals surface area contributed by atoms with Crippen molar-refractivity contribution >= 4 is 27.7 Å². The minimum atomic E-state index is -4.44. The van der Waals surface area contributed by atoms with E-state index in [1.165, 1.54) is 31.4 Å². The van der Waals surface area contributed by atoms with Gasteiger partial charge in [0.25, 0.3) is 11.8 Å². The molecule has 0 saturated carbocycles. The predicted molar refractivity (Wildman–Crippen MR) is 109 cm³/mol. The summed E-state index contributed by atoms with van der Waals surface area (Å²) >= 11 is 0. The minimum absolute atomic E-state index is 0.0182. The zero-order valence-corrected chi connectivity index (χ0v) is 16.9. The maximum atomic E-state index is 12.9. The van der Waals surface area contributed by atoms with Crippen molar-refractivity contribution in [2.24, 2.45) is 0 Å². The van der Waals surface area contributed by atoms with Gasteiger partial charge in [-0.25, -0.2) is 0 Å². The molecular formula is C22H15NO7S. The molecule has 9 heteroatoms. The number of benzene rings is 3. The Morgan fingerprint density at radius 1 is 0.871 bits per heavy atom. The predicted octanol–water partition coefficient (Wildman–Crippen LogP) is 2.58. The summed E-state index contributed by atoms with van der Waals surface area (Å²) in [5.74, 6) is -1.68. The van der Waals surface area contributed by atoms with Gasteiger partial charge in [-0.1, -0.05) is 30.3 Å². The number of hydrogen-bond acceptors (Lipinski definition) is 7. The number of ether oxygens (including phenoxy) is 1. The second-order valence-corrected chi connectivity index (χ2v) is 8.13. The molecule has 0 spiro atoms. The molecule has 1 aliphatic heterocycles. The molecule has 8 nitrogen and oxygen atoms in total. The highest BCUT2D eigenvalue weighted by Gasteiger charge is 2.30. The van der Waals surface area contributed by atoms with Crippen LogP contribution in [0.5, 0.6) is 11.5 Å². The highest BCUT2D eigenvalue weighted by molar-refractivity contribution is 7.87. The third kappa shape index (κ3) is 3.78. The van der Waals surface area contributed by atoms with Crippen molar-refractivity contribution in [1.29, 1.82) is 0 Å². The average molecular weight is 437 g/mol. The Hall–Kier alpha value is -3.98. The van der Waals surface area contributed by atoms with Gasteiger partial charge in [0, 0.05) is 11.6 Å². The molecule has 3 aromatic carbocycles. The maximum Gasteiger partial charge on any atom is 0.339 e. The number of nitrogens with one attached hydrogen (secondary N) is 1. The van der Waals surface area contributed by atoms with Gasteiger partial charge in [0.05, 0.1) is 23.8 Å². The van der Waals surface area contributed by atoms with Crippen molar-refractivity contribution in [3.63, 3.8) is 0 Å². The standard InChI is InChI=1S/C22H15NO7S/c1-29-14-7-9-17(20(24)13-5-3-2-4-6-13)19(11-14)30-31(27,28)15-8-10-16-18(12-15)22(26)23-21(16)25/h2-12H,1H3,(H,23,25,26). The quantitative estimate of drug-likeness (QED) is 0.358. The molecule has 1 N–H and O–H groups in total. The van der Waals surface area contributed by atoms with E-state index in [0.29, 0.717) is 5.56 Å². The maximum absolute atomic E-state index is 12.9. The molecular weight excluding hydrogens is 422 g/mol. The van der Waals surface area contributed by atoms with Crippen LogP contribution >= 0.6 is 0 Å². The zero-order chi connectivity index (χ0) is 22.2. The highest BCUT2D eigenvalue weighted by Crippen LogP contribution is 2.30. The molecule has 0 aromatic heterocycles. The Bertz CT molecular complexity index is 1330. The van der Waals surface area contributed by atoms with Gasteiger partial charge in [0.2, 0.25) is 0 Å². The van der Waals surface area contributed by atoms with Crippen LogP contribution < -0.4 is 14.2 Å². The average Bonchev–Trinajstić information content (AvgIpc) is 3.06. The molecule has 156 valence electrons. The SMILES string of the molecule is COc1ccc(C(=O)c2ccccc2)c(OS(=O)(=O)c2ccc3c(c2)C(=O)NC3=O)c1. The number of carbonyl (C=O) groups is 3. The number of methoxy groups -OCH3 is 1. The summed E-state index contributed by atoms with van der Waals surface area (Å²) in [5, 5.41) is 2.09. The van der Waals surface area contributed by atoms with Crippen LogP contribution in [0.25, 0.3) is 0 Å². The van der Waals surface area contributed by atoms with E-state index in [1.807, 2.05) is 0 Å². The number of ketones is 1. The number of fused-ring (bicyclic) bond motifs is 1. The molecule has 0 bridgehead atoms. The van der Waals surface area contributed by atoms with Gasteiger partial charge in [-0.05, 0) is 30.3 Å². The Morgan fingerprint density at radius 3 is 2.29 bits per heavy atom. The Balaban J connectivity index is 1.75. The molecule has 3 aromatic rings. The van der Waals surface area contributed by atoms with Crippen LogP contribution in [-0.2, 0) is 10.1 Å². The normalized spacial score (nSPS) is 12.8. The van der Waals surface area contributed by atoms with Crippen molar-refractivity contribution in [2.45, 2.75) is 4.90 Å². The summed E-state index contributed by atoms with van der Waals surface area (Å²) in [6, 6.07) is 16.0. The van der Waals surface area contributed by atoms with Crippen LogP contribution in [0.4, 0.5) is 0 Å². The van der Waals surface area contributed by atoms with Crippen LogP contribution in [0, 0.1) is 0 Å². The molecule has 0 atom stereocenters. The van der Waals surface area contributed by atoms with Crippen molar-refractivity contribution < 1.29 is 31.7 Å². The number of imide groups is 1. The van der Waals surface area contributed by atoms with E-state index >= 15 is 0 Å². The fourth-order valence-corrected chi connectivity index (χ4v) is 4.07. The Labute approximate surface area is 177 Å². The lowest BCUT2D eigenvalue weighted by Gasteiger charge is -2.13. The lowest BCUT2D eigenvalue weighted by molar-refractivity contribution is 0.0878. The fraction of sp³-hybridized carbons (Fsp3) is 0.0455. The van der Waals surface area contributed by atoms with Gasteiger partial charge in [0.15, 0.2) is 11.5 Å². The van der Waals surface area contributed by atoms with Gasteiger partial charge in [-0.2, -0.15) is 8.42 Å². The molecule has 0 unspecified atom stereocenters. The number of hydrogen-bond donors (Lipinski definition) is 1. The van der Waals surface area contributed by atoms with E-state index in [9.17, 15) is 22.8 Å². The molecule has 31 heavy (non-hydrogen) atoms. The molecule has 0 radical (unpaired) electrons. The van der Waals surface area contributed by atoms with Crippen molar-refractivity contribution in [1.82, 2.24) is 5.32 Å². The first kappa shape index (κ1) is 20.3. The van der Waals surface area contributed by atoms with Crippen molar-refractivity contribution in [2.75, 3.05) is 7.11 Å². The molecule has 1 aliphatic rings. The minimum Gasteiger partial charge on any atom is -0.497 e. The zero-order valence-electron chi connectivity index (χ0n) is 16.1. The molecule has 0 saturated heterocycles. The summed E-state index contributed by atoms with van der Waals surface area (Å²) in [4.78, 5) is 36.1. The van der Waals surface area contributed by atoms with E-state index in [2.05, 4.69) is 5.32 Å². The van der Waals surface area contributed by atoms with Crippen LogP contribution in [0.3, 0.4) is 0 Å². The summed E-state index contributed by atoms with van der Waals surface area (Å²) in [6.45, 7) is 0. The second kappa shape index (κ2) is 7.69. The third-order valence-electron chi connectivity index (χ3n) is 4.66. The van der Waals surface area contributed by atoms with E-state index in [4.69, 9.17) is 8.92 Å². The summed E-state index contributed by atoms with van der Waals surface area (Å²) in [6.07, 6.45) is 0. The molecule has 0 aliphatic carbocycles. The topological polar surface area (TPSA) is 116 Å². The lowest BCUT2D eigenvalue weighted by Crippen LogP contribution is -2.19. The molecule has 0 fully saturated rings. The number of amides is 2. The summed E-state index contributed by atoms with van der Waals surface area (Å²) < 4.78 is 36.2. The second-order valence-electron chi connectivity index (χ2n) is 6.59. The first-order chi connectivity index (χ1) is 14.8. The van der Waals surface area contributed by atoms with Gasteiger partial charge < -0.3 is 8.92 Å². The van der Waals surface area contributed by atoms with Gasteiger partial charge in [-0.3, -0.25) is 19.7 Å².